The lowest BCUT2D eigenvalue weighted by molar-refractivity contribution is -0.142. The SMILES string of the molecule is COC(=O)CC(C)(c1ccc(Br)cc1F)C(C)N. The average molecular weight is 318 g/mol. The van der Waals surface area contributed by atoms with Crippen molar-refractivity contribution in [3.05, 3.63) is 34.1 Å². The van der Waals surface area contributed by atoms with Crippen molar-refractivity contribution in [2.45, 2.75) is 31.7 Å². The molecule has 0 aliphatic carbocycles. The molecule has 0 aliphatic rings. The van der Waals surface area contributed by atoms with E-state index >= 15 is 0 Å². The second-order valence-electron chi connectivity index (χ2n) is 4.58. The molecule has 0 heterocycles. The highest BCUT2D eigenvalue weighted by Gasteiger charge is 2.36. The van der Waals surface area contributed by atoms with Gasteiger partial charge in [0, 0.05) is 15.9 Å². The zero-order valence-electron chi connectivity index (χ0n) is 10.7. The summed E-state index contributed by atoms with van der Waals surface area (Å²) in [5, 5.41) is 0. The molecule has 100 valence electrons. The summed E-state index contributed by atoms with van der Waals surface area (Å²) < 4.78 is 19.3. The molecule has 1 aromatic rings. The molecule has 1 rings (SSSR count). The van der Waals surface area contributed by atoms with Gasteiger partial charge >= 0.3 is 5.97 Å². The van der Waals surface area contributed by atoms with Crippen LogP contribution < -0.4 is 5.73 Å². The Kier molecular flexibility index (Phi) is 4.87. The highest BCUT2D eigenvalue weighted by atomic mass is 79.9. The quantitative estimate of drug-likeness (QED) is 0.869. The third-order valence-corrected chi connectivity index (χ3v) is 3.78. The first kappa shape index (κ1) is 15.1. The molecule has 0 bridgehead atoms. The molecule has 0 fully saturated rings. The molecule has 3 nitrogen and oxygen atoms in total. The fourth-order valence-electron chi connectivity index (χ4n) is 1.83. The molecule has 1 aromatic carbocycles. The normalized spacial score (nSPS) is 15.9. The standard InChI is InChI=1S/C13H17BrFNO2/c1-8(16)13(2,7-12(17)18-3)10-5-4-9(14)6-11(10)15/h4-6,8H,7,16H2,1-3H3. The summed E-state index contributed by atoms with van der Waals surface area (Å²) >= 11 is 3.20. The summed E-state index contributed by atoms with van der Waals surface area (Å²) in [6.45, 7) is 3.52. The largest absolute Gasteiger partial charge is 0.469 e. The number of benzene rings is 1. The van der Waals surface area contributed by atoms with Crippen molar-refractivity contribution in [2.75, 3.05) is 7.11 Å². The van der Waals surface area contributed by atoms with Crippen LogP contribution in [0.25, 0.3) is 0 Å². The van der Waals surface area contributed by atoms with Crippen molar-refractivity contribution in [1.29, 1.82) is 0 Å². The number of carbonyl (C=O) groups is 1. The monoisotopic (exact) mass is 317 g/mol. The Bertz CT molecular complexity index is 451. The summed E-state index contributed by atoms with van der Waals surface area (Å²) in [7, 11) is 1.31. The molecule has 0 aromatic heterocycles. The molecule has 2 N–H and O–H groups in total. The molecule has 0 radical (unpaired) electrons. The van der Waals surface area contributed by atoms with Crippen molar-refractivity contribution in [2.24, 2.45) is 5.73 Å². The summed E-state index contributed by atoms with van der Waals surface area (Å²) in [6.07, 6.45) is 0.0414. The van der Waals surface area contributed by atoms with E-state index in [-0.39, 0.29) is 18.3 Å². The van der Waals surface area contributed by atoms with E-state index in [1.54, 1.807) is 26.0 Å². The Hall–Kier alpha value is -0.940. The van der Waals surface area contributed by atoms with Crippen LogP contribution >= 0.6 is 15.9 Å². The van der Waals surface area contributed by atoms with Crippen LogP contribution in [0.3, 0.4) is 0 Å². The third kappa shape index (κ3) is 3.09. The number of methoxy groups -OCH3 is 1. The molecular formula is C13H17BrFNO2. The van der Waals surface area contributed by atoms with Gasteiger partial charge in [0.1, 0.15) is 5.82 Å². The van der Waals surface area contributed by atoms with E-state index in [0.29, 0.717) is 10.0 Å². The van der Waals surface area contributed by atoms with Gasteiger partial charge < -0.3 is 10.5 Å². The second-order valence-corrected chi connectivity index (χ2v) is 5.50. The zero-order chi connectivity index (χ0) is 13.9. The van der Waals surface area contributed by atoms with E-state index in [1.165, 1.54) is 13.2 Å². The predicted octanol–water partition coefficient (Wildman–Crippen LogP) is 2.76. The fraction of sp³-hybridized carbons (Fsp3) is 0.462. The Morgan fingerprint density at radius 2 is 2.22 bits per heavy atom. The van der Waals surface area contributed by atoms with Crippen molar-refractivity contribution in [3.63, 3.8) is 0 Å². The molecule has 0 amide bonds. The van der Waals surface area contributed by atoms with Crippen LogP contribution in [0.1, 0.15) is 25.8 Å². The topological polar surface area (TPSA) is 52.3 Å². The van der Waals surface area contributed by atoms with Gasteiger partial charge in [-0.1, -0.05) is 28.9 Å². The van der Waals surface area contributed by atoms with Crippen molar-refractivity contribution in [3.8, 4) is 0 Å². The molecule has 5 heteroatoms. The summed E-state index contributed by atoms with van der Waals surface area (Å²) in [5.41, 5.74) is 5.56. The van der Waals surface area contributed by atoms with E-state index in [4.69, 9.17) is 5.73 Å². The lowest BCUT2D eigenvalue weighted by atomic mass is 9.74. The number of rotatable bonds is 4. The maximum atomic E-state index is 14.0. The van der Waals surface area contributed by atoms with Crippen LogP contribution in [0.2, 0.25) is 0 Å². The van der Waals surface area contributed by atoms with E-state index in [2.05, 4.69) is 20.7 Å². The lowest BCUT2D eigenvalue weighted by Gasteiger charge is -2.33. The number of ether oxygens (including phenoxy) is 1. The predicted molar refractivity (Wildman–Crippen MR) is 71.7 cm³/mol. The molecule has 18 heavy (non-hydrogen) atoms. The molecular weight excluding hydrogens is 301 g/mol. The Labute approximate surface area is 115 Å². The van der Waals surface area contributed by atoms with Gasteiger partial charge in [0.05, 0.1) is 13.5 Å². The lowest BCUT2D eigenvalue weighted by Crippen LogP contribution is -2.43. The van der Waals surface area contributed by atoms with Gasteiger partial charge in [0.15, 0.2) is 0 Å². The third-order valence-electron chi connectivity index (χ3n) is 3.29. The van der Waals surface area contributed by atoms with Gasteiger partial charge in [-0.25, -0.2) is 4.39 Å². The molecule has 0 spiro atoms. The highest BCUT2D eigenvalue weighted by molar-refractivity contribution is 9.10. The van der Waals surface area contributed by atoms with E-state index in [0.717, 1.165) is 0 Å². The highest BCUT2D eigenvalue weighted by Crippen LogP contribution is 2.33. The number of hydrogen-bond donors (Lipinski definition) is 1. The number of carbonyl (C=O) groups excluding carboxylic acids is 1. The summed E-state index contributed by atoms with van der Waals surface area (Å²) in [5.74, 6) is -0.787. The second kappa shape index (κ2) is 5.80. The first-order valence-electron chi connectivity index (χ1n) is 5.59. The first-order chi connectivity index (χ1) is 8.31. The fourth-order valence-corrected chi connectivity index (χ4v) is 2.16. The average Bonchev–Trinajstić information content (AvgIpc) is 2.28. The van der Waals surface area contributed by atoms with Crippen LogP contribution in [0.15, 0.2) is 22.7 Å². The van der Waals surface area contributed by atoms with Crippen LogP contribution in [0, 0.1) is 5.82 Å². The minimum absolute atomic E-state index is 0.0414. The Morgan fingerprint density at radius 3 is 2.67 bits per heavy atom. The molecule has 2 atom stereocenters. The molecule has 0 aliphatic heterocycles. The van der Waals surface area contributed by atoms with Gasteiger partial charge in [0.25, 0.3) is 0 Å². The van der Waals surface area contributed by atoms with Gasteiger partial charge in [-0.3, -0.25) is 4.79 Å². The number of esters is 1. The molecule has 0 saturated carbocycles. The Balaban J connectivity index is 3.22. The number of halogens is 2. The van der Waals surface area contributed by atoms with Crippen molar-refractivity contribution in [1.82, 2.24) is 0 Å². The van der Waals surface area contributed by atoms with Gasteiger partial charge in [-0.2, -0.15) is 0 Å². The Morgan fingerprint density at radius 1 is 1.61 bits per heavy atom. The number of hydrogen-bond acceptors (Lipinski definition) is 3. The van der Waals surface area contributed by atoms with Gasteiger partial charge in [-0.05, 0) is 24.6 Å². The van der Waals surface area contributed by atoms with Gasteiger partial charge in [0.2, 0.25) is 0 Å². The number of nitrogens with two attached hydrogens (primary N) is 1. The minimum Gasteiger partial charge on any atom is -0.469 e. The molecule has 0 saturated heterocycles. The smallest absolute Gasteiger partial charge is 0.306 e. The zero-order valence-corrected chi connectivity index (χ0v) is 12.3. The van der Waals surface area contributed by atoms with Crippen LogP contribution in [-0.2, 0) is 14.9 Å². The van der Waals surface area contributed by atoms with Crippen LogP contribution in [0.5, 0.6) is 0 Å². The molecule has 2 unspecified atom stereocenters. The maximum absolute atomic E-state index is 14.0. The van der Waals surface area contributed by atoms with Gasteiger partial charge in [-0.15, -0.1) is 0 Å². The van der Waals surface area contributed by atoms with Crippen LogP contribution in [0.4, 0.5) is 4.39 Å². The van der Waals surface area contributed by atoms with E-state index < -0.39 is 11.4 Å². The van der Waals surface area contributed by atoms with Crippen molar-refractivity contribution < 1.29 is 13.9 Å². The summed E-state index contributed by atoms with van der Waals surface area (Å²) in [4.78, 5) is 11.5. The van der Waals surface area contributed by atoms with E-state index in [9.17, 15) is 9.18 Å². The van der Waals surface area contributed by atoms with Crippen molar-refractivity contribution >= 4 is 21.9 Å². The first-order valence-corrected chi connectivity index (χ1v) is 6.38. The van der Waals surface area contributed by atoms with Crippen LogP contribution in [-0.4, -0.2) is 19.1 Å². The summed E-state index contributed by atoms with van der Waals surface area (Å²) in [6, 6.07) is 4.36. The van der Waals surface area contributed by atoms with E-state index in [1.807, 2.05) is 0 Å². The maximum Gasteiger partial charge on any atom is 0.306 e. The minimum atomic E-state index is -0.794.